The zero-order chi connectivity index (χ0) is 14.3. The van der Waals surface area contributed by atoms with Gasteiger partial charge in [-0.15, -0.1) is 0 Å². The number of aromatic nitrogens is 1. The van der Waals surface area contributed by atoms with Crippen LogP contribution in [-0.4, -0.2) is 29.7 Å². The average Bonchev–Trinajstić information content (AvgIpc) is 2.38. The minimum absolute atomic E-state index is 0.00448. The maximum Gasteiger partial charge on any atom is 0.328 e. The normalized spacial score (nSPS) is 11.6. The first-order valence-electron chi connectivity index (χ1n) is 5.93. The molecule has 0 fully saturated rings. The fourth-order valence-electron chi connectivity index (χ4n) is 1.77. The molecule has 0 radical (unpaired) electrons. The van der Waals surface area contributed by atoms with Gasteiger partial charge in [-0.05, 0) is 12.5 Å². The maximum absolute atomic E-state index is 11.0. The number of hydrogen-bond acceptors (Lipinski definition) is 6. The molecule has 19 heavy (non-hydrogen) atoms. The molecule has 1 unspecified atom stereocenters. The van der Waals surface area contributed by atoms with Crippen LogP contribution in [0.5, 0.6) is 0 Å². The molecule has 0 aromatic carbocycles. The first-order chi connectivity index (χ1) is 9.13. The number of nitro groups is 1. The number of anilines is 1. The second kappa shape index (κ2) is 7.28. The van der Waals surface area contributed by atoms with Crippen molar-refractivity contribution in [2.24, 2.45) is 0 Å². The van der Waals surface area contributed by atoms with E-state index in [2.05, 4.69) is 10.3 Å². The van der Waals surface area contributed by atoms with Crippen molar-refractivity contribution < 1.29 is 9.66 Å². The summed E-state index contributed by atoms with van der Waals surface area (Å²) in [4.78, 5) is 14.4. The Bertz CT molecular complexity index is 478. The highest BCUT2D eigenvalue weighted by atomic mass is 16.6. The lowest BCUT2D eigenvalue weighted by Gasteiger charge is -2.17. The summed E-state index contributed by atoms with van der Waals surface area (Å²) in [5, 5.41) is 22.9. The molecule has 0 aliphatic carbocycles. The zero-order valence-corrected chi connectivity index (χ0v) is 10.9. The number of pyridine rings is 1. The zero-order valence-electron chi connectivity index (χ0n) is 10.9. The van der Waals surface area contributed by atoms with Crippen LogP contribution in [0.25, 0.3) is 0 Å². The molecule has 1 aromatic heterocycles. The number of hydrogen-bond donors (Lipinski definition) is 1. The van der Waals surface area contributed by atoms with E-state index < -0.39 is 4.92 Å². The van der Waals surface area contributed by atoms with Crippen molar-refractivity contribution in [2.75, 3.05) is 19.0 Å². The second-order valence-electron chi connectivity index (χ2n) is 4.01. The molecule has 0 aliphatic rings. The van der Waals surface area contributed by atoms with E-state index in [1.54, 1.807) is 13.2 Å². The lowest BCUT2D eigenvalue weighted by molar-refractivity contribution is -0.384. The Labute approximate surface area is 111 Å². The average molecular weight is 264 g/mol. The van der Waals surface area contributed by atoms with Crippen LogP contribution in [0.3, 0.4) is 0 Å². The molecule has 0 spiro atoms. The molecule has 0 saturated heterocycles. The van der Waals surface area contributed by atoms with Crippen LogP contribution in [-0.2, 0) is 4.74 Å². The largest absolute Gasteiger partial charge is 0.383 e. The summed E-state index contributed by atoms with van der Waals surface area (Å²) in [6, 6.07) is 3.06. The Balaban J connectivity index is 3.05. The molecule has 102 valence electrons. The Morgan fingerprint density at radius 1 is 1.68 bits per heavy atom. The van der Waals surface area contributed by atoms with Crippen molar-refractivity contribution in [1.29, 1.82) is 5.26 Å². The second-order valence-corrected chi connectivity index (χ2v) is 4.01. The van der Waals surface area contributed by atoms with E-state index >= 15 is 0 Å². The SMILES string of the molecule is CCCC(COC)Nc1nccc(C#N)c1[N+](=O)[O-]. The molecule has 1 rings (SSSR count). The van der Waals surface area contributed by atoms with Crippen molar-refractivity contribution in [1.82, 2.24) is 4.98 Å². The minimum atomic E-state index is -0.594. The molecule has 0 amide bonds. The third-order valence-electron chi connectivity index (χ3n) is 2.57. The minimum Gasteiger partial charge on any atom is -0.383 e. The molecule has 0 saturated carbocycles. The molecular formula is C12H16N4O3. The van der Waals surface area contributed by atoms with Crippen LogP contribution < -0.4 is 5.32 Å². The summed E-state index contributed by atoms with van der Waals surface area (Å²) in [5.74, 6) is 0.111. The van der Waals surface area contributed by atoms with Crippen LogP contribution in [0.1, 0.15) is 25.3 Å². The van der Waals surface area contributed by atoms with Crippen molar-refractivity contribution in [3.05, 3.63) is 27.9 Å². The number of nitrogens with zero attached hydrogens (tertiary/aromatic N) is 3. The Kier molecular flexibility index (Phi) is 5.70. The molecule has 0 aliphatic heterocycles. The fourth-order valence-corrected chi connectivity index (χ4v) is 1.77. The van der Waals surface area contributed by atoms with Gasteiger partial charge < -0.3 is 10.1 Å². The molecular weight excluding hydrogens is 248 g/mol. The van der Waals surface area contributed by atoms with Gasteiger partial charge in [-0.3, -0.25) is 10.1 Å². The first-order valence-corrected chi connectivity index (χ1v) is 5.93. The molecule has 1 N–H and O–H groups in total. The summed E-state index contributed by atoms with van der Waals surface area (Å²) in [6.07, 6.45) is 3.08. The Hall–Kier alpha value is -2.20. The van der Waals surface area contributed by atoms with E-state index in [0.29, 0.717) is 6.61 Å². The topological polar surface area (TPSA) is 101 Å². The predicted molar refractivity (Wildman–Crippen MR) is 69.8 cm³/mol. The highest BCUT2D eigenvalue weighted by Gasteiger charge is 2.23. The number of ether oxygens (including phenoxy) is 1. The van der Waals surface area contributed by atoms with Crippen LogP contribution >= 0.6 is 0 Å². The number of nitrogens with one attached hydrogen (secondary N) is 1. The Morgan fingerprint density at radius 2 is 2.42 bits per heavy atom. The summed E-state index contributed by atoms with van der Waals surface area (Å²) in [7, 11) is 1.57. The number of nitriles is 1. The fraction of sp³-hybridized carbons (Fsp3) is 0.500. The molecule has 1 heterocycles. The van der Waals surface area contributed by atoms with Gasteiger partial charge in [0.1, 0.15) is 11.6 Å². The maximum atomic E-state index is 11.0. The van der Waals surface area contributed by atoms with Crippen LogP contribution in [0, 0.1) is 21.4 Å². The predicted octanol–water partition coefficient (Wildman–Crippen LogP) is 2.09. The highest BCUT2D eigenvalue weighted by Crippen LogP contribution is 2.26. The van der Waals surface area contributed by atoms with Crippen molar-refractivity contribution in [2.45, 2.75) is 25.8 Å². The molecule has 1 atom stereocenters. The van der Waals surface area contributed by atoms with E-state index in [9.17, 15) is 10.1 Å². The van der Waals surface area contributed by atoms with Gasteiger partial charge in [0.15, 0.2) is 0 Å². The molecule has 0 bridgehead atoms. The number of methoxy groups -OCH3 is 1. The summed E-state index contributed by atoms with van der Waals surface area (Å²) in [5.41, 5.74) is -0.294. The van der Waals surface area contributed by atoms with Gasteiger partial charge in [0.05, 0.1) is 17.6 Å². The third-order valence-corrected chi connectivity index (χ3v) is 2.57. The third kappa shape index (κ3) is 3.89. The molecule has 7 nitrogen and oxygen atoms in total. The van der Waals surface area contributed by atoms with Gasteiger partial charge in [0, 0.05) is 13.3 Å². The van der Waals surface area contributed by atoms with E-state index in [0.717, 1.165) is 12.8 Å². The molecule has 7 heteroatoms. The van der Waals surface area contributed by atoms with Gasteiger partial charge in [-0.1, -0.05) is 13.3 Å². The number of rotatable bonds is 7. The van der Waals surface area contributed by atoms with Crippen molar-refractivity contribution in [3.63, 3.8) is 0 Å². The van der Waals surface area contributed by atoms with Crippen LogP contribution in [0.2, 0.25) is 0 Å². The molecule has 1 aromatic rings. The lowest BCUT2D eigenvalue weighted by atomic mass is 10.1. The van der Waals surface area contributed by atoms with Crippen molar-refractivity contribution in [3.8, 4) is 6.07 Å². The highest BCUT2D eigenvalue weighted by molar-refractivity contribution is 5.64. The van der Waals surface area contributed by atoms with Gasteiger partial charge in [-0.2, -0.15) is 5.26 Å². The standard InChI is InChI=1S/C12H16N4O3/c1-3-4-10(8-19-2)15-12-11(16(17)18)9(7-13)5-6-14-12/h5-6,10H,3-4,8H2,1-2H3,(H,14,15). The smallest absolute Gasteiger partial charge is 0.328 e. The van der Waals surface area contributed by atoms with E-state index in [1.807, 2.05) is 6.92 Å². The first kappa shape index (κ1) is 14.9. The quantitative estimate of drug-likeness (QED) is 0.597. The van der Waals surface area contributed by atoms with Gasteiger partial charge in [-0.25, -0.2) is 4.98 Å². The summed E-state index contributed by atoms with van der Waals surface area (Å²) in [6.45, 7) is 2.43. The van der Waals surface area contributed by atoms with Gasteiger partial charge >= 0.3 is 5.69 Å². The summed E-state index contributed by atoms with van der Waals surface area (Å²) >= 11 is 0. The van der Waals surface area contributed by atoms with Crippen LogP contribution in [0.4, 0.5) is 11.5 Å². The van der Waals surface area contributed by atoms with Gasteiger partial charge in [0.25, 0.3) is 0 Å². The lowest BCUT2D eigenvalue weighted by Crippen LogP contribution is -2.25. The van der Waals surface area contributed by atoms with Crippen molar-refractivity contribution >= 4 is 11.5 Å². The van der Waals surface area contributed by atoms with E-state index in [1.165, 1.54) is 12.3 Å². The van der Waals surface area contributed by atoms with E-state index in [-0.39, 0.29) is 23.1 Å². The van der Waals surface area contributed by atoms with Gasteiger partial charge in [0.2, 0.25) is 5.82 Å². The van der Waals surface area contributed by atoms with Crippen LogP contribution in [0.15, 0.2) is 12.3 Å². The summed E-state index contributed by atoms with van der Waals surface area (Å²) < 4.78 is 5.06. The van der Waals surface area contributed by atoms with E-state index in [4.69, 9.17) is 10.00 Å². The monoisotopic (exact) mass is 264 g/mol. The Morgan fingerprint density at radius 3 is 2.95 bits per heavy atom.